The minimum absolute atomic E-state index is 0.00434. The number of carbonyl (C=O) groups excluding carboxylic acids is 1. The number of methoxy groups -OCH3 is 1. The van der Waals surface area contributed by atoms with Crippen LogP contribution in [0, 0.1) is 11.8 Å². The van der Waals surface area contributed by atoms with Gasteiger partial charge in [0.2, 0.25) is 0 Å². The van der Waals surface area contributed by atoms with Gasteiger partial charge in [0.1, 0.15) is 11.4 Å². The first-order chi connectivity index (χ1) is 12.9. The summed E-state index contributed by atoms with van der Waals surface area (Å²) in [6.07, 6.45) is 2.05. The van der Waals surface area contributed by atoms with Gasteiger partial charge in [-0.1, -0.05) is 36.1 Å². The highest BCUT2D eigenvalue weighted by Crippen LogP contribution is 2.31. The molecule has 140 valence electrons. The van der Waals surface area contributed by atoms with Gasteiger partial charge in [-0.15, -0.1) is 0 Å². The number of ether oxygens (including phenoxy) is 1. The van der Waals surface area contributed by atoms with E-state index in [9.17, 15) is 9.90 Å². The van der Waals surface area contributed by atoms with Crippen molar-refractivity contribution >= 4 is 5.91 Å². The van der Waals surface area contributed by atoms with Crippen molar-refractivity contribution in [2.45, 2.75) is 44.9 Å². The average Bonchev–Trinajstić information content (AvgIpc) is 3.49. The highest BCUT2D eigenvalue weighted by molar-refractivity contribution is 5.95. The van der Waals surface area contributed by atoms with Crippen LogP contribution in [-0.2, 0) is 6.54 Å². The van der Waals surface area contributed by atoms with E-state index in [1.54, 1.807) is 27.0 Å². The van der Waals surface area contributed by atoms with Gasteiger partial charge < -0.3 is 14.7 Å². The smallest absolute Gasteiger partial charge is 0.254 e. The molecule has 0 atom stereocenters. The van der Waals surface area contributed by atoms with E-state index in [1.165, 1.54) is 0 Å². The highest BCUT2D eigenvalue weighted by Gasteiger charge is 2.33. The molecule has 0 unspecified atom stereocenters. The number of carbonyl (C=O) groups is 1. The summed E-state index contributed by atoms with van der Waals surface area (Å²) in [5, 5.41) is 9.78. The molecule has 27 heavy (non-hydrogen) atoms. The van der Waals surface area contributed by atoms with Crippen molar-refractivity contribution in [1.82, 2.24) is 4.90 Å². The largest absolute Gasteiger partial charge is 0.496 e. The topological polar surface area (TPSA) is 49.8 Å². The molecule has 1 saturated carbocycles. The van der Waals surface area contributed by atoms with Crippen LogP contribution < -0.4 is 4.74 Å². The van der Waals surface area contributed by atoms with E-state index in [-0.39, 0.29) is 11.9 Å². The fraction of sp³-hybridized carbons (Fsp3) is 0.348. The van der Waals surface area contributed by atoms with E-state index >= 15 is 0 Å². The maximum absolute atomic E-state index is 13.2. The predicted octanol–water partition coefficient (Wildman–Crippen LogP) is 3.62. The van der Waals surface area contributed by atoms with Crippen LogP contribution in [0.15, 0.2) is 48.5 Å². The first-order valence-electron chi connectivity index (χ1n) is 9.16. The Morgan fingerprint density at radius 1 is 1.22 bits per heavy atom. The second-order valence-corrected chi connectivity index (χ2v) is 7.37. The Kier molecular flexibility index (Phi) is 5.53. The molecule has 2 aromatic carbocycles. The van der Waals surface area contributed by atoms with E-state index in [4.69, 9.17) is 4.74 Å². The first kappa shape index (κ1) is 19.0. The summed E-state index contributed by atoms with van der Waals surface area (Å²) in [5.41, 5.74) is 1.26. The van der Waals surface area contributed by atoms with Crippen molar-refractivity contribution in [1.29, 1.82) is 0 Å². The summed E-state index contributed by atoms with van der Waals surface area (Å²) < 4.78 is 5.43. The fourth-order valence-electron chi connectivity index (χ4n) is 2.89. The number of benzene rings is 2. The van der Waals surface area contributed by atoms with Crippen molar-refractivity contribution in [3.63, 3.8) is 0 Å². The van der Waals surface area contributed by atoms with Crippen LogP contribution >= 0.6 is 0 Å². The van der Waals surface area contributed by atoms with Gasteiger partial charge in [0.05, 0.1) is 7.11 Å². The number of aliphatic hydroxyl groups is 1. The lowest BCUT2D eigenvalue weighted by Gasteiger charge is -2.23. The second-order valence-electron chi connectivity index (χ2n) is 7.37. The quantitative estimate of drug-likeness (QED) is 0.826. The van der Waals surface area contributed by atoms with Crippen LogP contribution in [-0.4, -0.2) is 34.7 Å². The van der Waals surface area contributed by atoms with Gasteiger partial charge in [-0.3, -0.25) is 4.79 Å². The van der Waals surface area contributed by atoms with E-state index in [1.807, 2.05) is 47.4 Å². The van der Waals surface area contributed by atoms with Crippen molar-refractivity contribution in [3.05, 3.63) is 65.2 Å². The Morgan fingerprint density at radius 2 is 1.96 bits per heavy atom. The molecular weight excluding hydrogens is 338 g/mol. The minimum Gasteiger partial charge on any atom is -0.496 e. The molecular formula is C23H25NO3. The first-order valence-corrected chi connectivity index (χ1v) is 9.16. The third-order valence-corrected chi connectivity index (χ3v) is 4.40. The molecule has 0 bridgehead atoms. The molecule has 0 aliphatic heterocycles. The summed E-state index contributed by atoms with van der Waals surface area (Å²) in [6, 6.07) is 15.3. The molecule has 4 heteroatoms. The average molecular weight is 363 g/mol. The number of hydrogen-bond donors (Lipinski definition) is 1. The molecule has 1 N–H and O–H groups in total. The zero-order valence-corrected chi connectivity index (χ0v) is 16.0. The molecule has 2 aromatic rings. The third kappa shape index (κ3) is 5.12. The number of rotatable bonds is 5. The van der Waals surface area contributed by atoms with E-state index in [0.29, 0.717) is 12.1 Å². The Hall–Kier alpha value is -2.77. The molecule has 1 fully saturated rings. The van der Waals surface area contributed by atoms with Crippen LogP contribution in [0.1, 0.15) is 48.2 Å². The van der Waals surface area contributed by atoms with Crippen molar-refractivity contribution < 1.29 is 14.6 Å². The molecule has 1 aliphatic carbocycles. The predicted molar refractivity (Wildman–Crippen MR) is 106 cm³/mol. The second kappa shape index (κ2) is 7.85. The number of para-hydroxylation sites is 1. The standard InChI is InChI=1S/C23H25NO3/c1-23(2,26)14-13-17-7-6-9-18(15-17)22(25)24(20-11-12-20)16-19-8-4-5-10-21(19)27-3/h4-10,15,20,26H,11-12,16H2,1-3H3. The Bertz CT molecular complexity index is 882. The molecule has 0 aromatic heterocycles. The van der Waals surface area contributed by atoms with Crippen LogP contribution in [0.25, 0.3) is 0 Å². The Balaban J connectivity index is 1.84. The zero-order valence-electron chi connectivity index (χ0n) is 16.0. The van der Waals surface area contributed by atoms with Gasteiger partial charge in [-0.2, -0.15) is 0 Å². The summed E-state index contributed by atoms with van der Waals surface area (Å²) in [7, 11) is 1.65. The lowest BCUT2D eigenvalue weighted by molar-refractivity contribution is 0.0728. The van der Waals surface area contributed by atoms with Gasteiger partial charge >= 0.3 is 0 Å². The third-order valence-electron chi connectivity index (χ3n) is 4.40. The highest BCUT2D eigenvalue weighted by atomic mass is 16.5. The van der Waals surface area contributed by atoms with Crippen molar-refractivity contribution in [3.8, 4) is 17.6 Å². The summed E-state index contributed by atoms with van der Waals surface area (Å²) in [6.45, 7) is 3.79. The fourth-order valence-corrected chi connectivity index (χ4v) is 2.89. The monoisotopic (exact) mass is 363 g/mol. The summed E-state index contributed by atoms with van der Waals surface area (Å²) >= 11 is 0. The number of nitrogens with zero attached hydrogens (tertiary/aromatic N) is 1. The SMILES string of the molecule is COc1ccccc1CN(C(=O)c1cccc(C#CC(C)(C)O)c1)C1CC1. The lowest BCUT2D eigenvalue weighted by Crippen LogP contribution is -2.32. The molecule has 0 saturated heterocycles. The number of amides is 1. The minimum atomic E-state index is -1.07. The lowest BCUT2D eigenvalue weighted by atomic mass is 10.1. The molecule has 1 amide bonds. The van der Waals surface area contributed by atoms with Crippen molar-refractivity contribution in [2.24, 2.45) is 0 Å². The zero-order chi connectivity index (χ0) is 19.4. The molecule has 4 nitrogen and oxygen atoms in total. The summed E-state index contributed by atoms with van der Waals surface area (Å²) in [5.74, 6) is 6.52. The molecule has 0 spiro atoms. The molecule has 3 rings (SSSR count). The van der Waals surface area contributed by atoms with Gasteiger partial charge in [0.25, 0.3) is 5.91 Å². The van der Waals surface area contributed by atoms with Crippen molar-refractivity contribution in [2.75, 3.05) is 7.11 Å². The maximum Gasteiger partial charge on any atom is 0.254 e. The number of hydrogen-bond acceptors (Lipinski definition) is 3. The van der Waals surface area contributed by atoms with Gasteiger partial charge in [-0.05, 0) is 51.0 Å². The normalized spacial score (nSPS) is 13.5. The van der Waals surface area contributed by atoms with Gasteiger partial charge in [-0.25, -0.2) is 0 Å². The van der Waals surface area contributed by atoms with Crippen LogP contribution in [0.5, 0.6) is 5.75 Å². The molecule has 1 aliphatic rings. The van der Waals surface area contributed by atoms with Crippen LogP contribution in [0.3, 0.4) is 0 Å². The molecule has 0 radical (unpaired) electrons. The van der Waals surface area contributed by atoms with Gasteiger partial charge in [0, 0.05) is 29.3 Å². The van der Waals surface area contributed by atoms with Crippen LogP contribution in [0.2, 0.25) is 0 Å². The Labute approximate surface area is 160 Å². The summed E-state index contributed by atoms with van der Waals surface area (Å²) in [4.78, 5) is 15.1. The maximum atomic E-state index is 13.2. The van der Waals surface area contributed by atoms with Crippen LogP contribution in [0.4, 0.5) is 0 Å². The van der Waals surface area contributed by atoms with E-state index in [0.717, 1.165) is 29.7 Å². The Morgan fingerprint density at radius 3 is 2.63 bits per heavy atom. The van der Waals surface area contributed by atoms with Gasteiger partial charge in [0.15, 0.2) is 0 Å². The van der Waals surface area contributed by atoms with E-state index in [2.05, 4.69) is 11.8 Å². The van der Waals surface area contributed by atoms with E-state index < -0.39 is 5.60 Å². The molecule has 0 heterocycles.